The van der Waals surface area contributed by atoms with E-state index in [1.165, 1.54) is 19.3 Å². The van der Waals surface area contributed by atoms with Gasteiger partial charge in [-0.3, -0.25) is 0 Å². The molecule has 1 fully saturated rings. The fourth-order valence-electron chi connectivity index (χ4n) is 2.59. The second-order valence-corrected chi connectivity index (χ2v) is 5.31. The largest absolute Gasteiger partial charge is 0.496 e. The summed E-state index contributed by atoms with van der Waals surface area (Å²) in [5.41, 5.74) is 1.13. The van der Waals surface area contributed by atoms with Gasteiger partial charge < -0.3 is 19.5 Å². The van der Waals surface area contributed by atoms with Gasteiger partial charge >= 0.3 is 0 Å². The lowest BCUT2D eigenvalue weighted by molar-refractivity contribution is 0.344. The first kappa shape index (κ1) is 15.0. The molecule has 0 aromatic heterocycles. The van der Waals surface area contributed by atoms with Crippen LogP contribution in [0.25, 0.3) is 0 Å². The molecule has 0 radical (unpaired) electrons. The van der Waals surface area contributed by atoms with Crippen molar-refractivity contribution in [2.45, 2.75) is 31.7 Å². The Balaban J connectivity index is 2.25. The molecule has 1 saturated carbocycles. The molecule has 0 aliphatic heterocycles. The number of nitrogens with one attached hydrogen (secondary N) is 1. The van der Waals surface area contributed by atoms with E-state index in [1.807, 2.05) is 19.2 Å². The predicted molar refractivity (Wildman–Crippen MR) is 79.9 cm³/mol. The van der Waals surface area contributed by atoms with Crippen molar-refractivity contribution in [3.05, 3.63) is 17.7 Å². The maximum absolute atomic E-state index is 5.52. The zero-order valence-electron chi connectivity index (χ0n) is 12.9. The first-order valence-electron chi connectivity index (χ1n) is 7.20. The minimum atomic E-state index is 0.283. The highest BCUT2D eigenvalue weighted by Gasteiger charge is 2.24. The summed E-state index contributed by atoms with van der Waals surface area (Å²) in [5.74, 6) is 3.22. The Morgan fingerprint density at radius 1 is 1.05 bits per heavy atom. The molecule has 1 unspecified atom stereocenters. The lowest BCUT2D eigenvalue weighted by atomic mass is 9.99. The average molecular weight is 279 g/mol. The summed E-state index contributed by atoms with van der Waals surface area (Å²) in [6.45, 7) is 0. The molecular weight excluding hydrogens is 254 g/mol. The standard InChI is InChI=1S/C16H25NO3/c1-17-13(8-7-11-5-6-11)12-9-15(19-3)16(20-4)10-14(12)18-2/h9-11,13,17H,5-8H2,1-4H3. The molecule has 1 aromatic rings. The zero-order chi connectivity index (χ0) is 14.5. The van der Waals surface area contributed by atoms with E-state index in [0.717, 1.165) is 29.4 Å². The molecule has 1 aliphatic carbocycles. The molecule has 112 valence electrons. The molecule has 1 atom stereocenters. The summed E-state index contributed by atoms with van der Waals surface area (Å²) in [6.07, 6.45) is 5.16. The van der Waals surface area contributed by atoms with Gasteiger partial charge in [0.15, 0.2) is 11.5 Å². The van der Waals surface area contributed by atoms with Gasteiger partial charge in [0.05, 0.1) is 21.3 Å². The Labute approximate surface area is 121 Å². The maximum atomic E-state index is 5.52. The summed E-state index contributed by atoms with van der Waals surface area (Å²) in [5, 5.41) is 3.39. The van der Waals surface area contributed by atoms with Crippen LogP contribution in [0.15, 0.2) is 12.1 Å². The van der Waals surface area contributed by atoms with Crippen LogP contribution >= 0.6 is 0 Å². The van der Waals surface area contributed by atoms with E-state index in [0.29, 0.717) is 5.75 Å². The second kappa shape index (κ2) is 6.84. The summed E-state index contributed by atoms with van der Waals surface area (Å²) in [6, 6.07) is 4.20. The summed E-state index contributed by atoms with van der Waals surface area (Å²) >= 11 is 0. The van der Waals surface area contributed by atoms with Crippen LogP contribution in [0.2, 0.25) is 0 Å². The summed E-state index contributed by atoms with van der Waals surface area (Å²) in [7, 11) is 6.98. The molecule has 0 spiro atoms. The minimum absolute atomic E-state index is 0.283. The van der Waals surface area contributed by atoms with Crippen LogP contribution in [0.4, 0.5) is 0 Å². The van der Waals surface area contributed by atoms with E-state index >= 15 is 0 Å². The van der Waals surface area contributed by atoms with Gasteiger partial charge in [-0.05, 0) is 31.9 Å². The van der Waals surface area contributed by atoms with E-state index in [9.17, 15) is 0 Å². The first-order chi connectivity index (χ1) is 9.73. The Kier molecular flexibility index (Phi) is 5.12. The number of methoxy groups -OCH3 is 3. The van der Waals surface area contributed by atoms with Crippen molar-refractivity contribution in [3.8, 4) is 17.2 Å². The normalized spacial score (nSPS) is 15.8. The summed E-state index contributed by atoms with van der Waals surface area (Å²) < 4.78 is 16.2. The highest BCUT2D eigenvalue weighted by molar-refractivity contribution is 5.51. The van der Waals surface area contributed by atoms with E-state index < -0.39 is 0 Å². The van der Waals surface area contributed by atoms with E-state index in [4.69, 9.17) is 14.2 Å². The van der Waals surface area contributed by atoms with Crippen molar-refractivity contribution in [3.63, 3.8) is 0 Å². The van der Waals surface area contributed by atoms with E-state index in [2.05, 4.69) is 5.32 Å². The lowest BCUT2D eigenvalue weighted by Crippen LogP contribution is -2.17. The Morgan fingerprint density at radius 2 is 1.65 bits per heavy atom. The SMILES string of the molecule is CNC(CCC1CC1)c1cc(OC)c(OC)cc1OC. The number of hydrogen-bond acceptors (Lipinski definition) is 4. The lowest BCUT2D eigenvalue weighted by Gasteiger charge is -2.21. The van der Waals surface area contributed by atoms with Crippen molar-refractivity contribution >= 4 is 0 Å². The highest BCUT2D eigenvalue weighted by atomic mass is 16.5. The molecule has 0 amide bonds. The molecule has 1 aromatic carbocycles. The van der Waals surface area contributed by atoms with Gasteiger partial charge in [-0.15, -0.1) is 0 Å². The maximum Gasteiger partial charge on any atom is 0.164 e. The minimum Gasteiger partial charge on any atom is -0.496 e. The van der Waals surface area contributed by atoms with Gasteiger partial charge in [0.2, 0.25) is 0 Å². The van der Waals surface area contributed by atoms with Crippen molar-refractivity contribution in [2.24, 2.45) is 5.92 Å². The van der Waals surface area contributed by atoms with Crippen molar-refractivity contribution in [1.29, 1.82) is 0 Å². The van der Waals surface area contributed by atoms with Crippen LogP contribution in [0, 0.1) is 5.92 Å². The van der Waals surface area contributed by atoms with Crippen LogP contribution < -0.4 is 19.5 Å². The predicted octanol–water partition coefficient (Wildman–Crippen LogP) is 3.16. The van der Waals surface area contributed by atoms with Crippen LogP contribution in [-0.2, 0) is 0 Å². The molecule has 1 aliphatic rings. The number of benzene rings is 1. The molecule has 1 N–H and O–H groups in total. The fourth-order valence-corrected chi connectivity index (χ4v) is 2.59. The fraction of sp³-hybridized carbons (Fsp3) is 0.625. The van der Waals surface area contributed by atoms with Crippen LogP contribution in [0.5, 0.6) is 17.2 Å². The van der Waals surface area contributed by atoms with Crippen LogP contribution in [0.3, 0.4) is 0 Å². The summed E-state index contributed by atoms with van der Waals surface area (Å²) in [4.78, 5) is 0. The number of hydrogen-bond donors (Lipinski definition) is 1. The molecule has 20 heavy (non-hydrogen) atoms. The topological polar surface area (TPSA) is 39.7 Å². The Hall–Kier alpha value is -1.42. The van der Waals surface area contributed by atoms with Gasteiger partial charge in [-0.25, -0.2) is 0 Å². The molecule has 4 heteroatoms. The smallest absolute Gasteiger partial charge is 0.164 e. The molecule has 4 nitrogen and oxygen atoms in total. The van der Waals surface area contributed by atoms with Crippen LogP contribution in [0.1, 0.15) is 37.3 Å². The average Bonchev–Trinajstić information content (AvgIpc) is 3.31. The second-order valence-electron chi connectivity index (χ2n) is 5.31. The first-order valence-corrected chi connectivity index (χ1v) is 7.20. The third-order valence-electron chi connectivity index (χ3n) is 4.02. The molecule has 0 saturated heterocycles. The number of rotatable bonds is 8. The Bertz CT molecular complexity index is 444. The van der Waals surface area contributed by atoms with Crippen molar-refractivity contribution in [1.82, 2.24) is 5.32 Å². The van der Waals surface area contributed by atoms with E-state index in [-0.39, 0.29) is 6.04 Å². The third-order valence-corrected chi connectivity index (χ3v) is 4.02. The molecular formula is C16H25NO3. The molecule has 0 bridgehead atoms. The van der Waals surface area contributed by atoms with Crippen molar-refractivity contribution < 1.29 is 14.2 Å². The van der Waals surface area contributed by atoms with E-state index in [1.54, 1.807) is 21.3 Å². The quantitative estimate of drug-likeness (QED) is 0.793. The molecule has 0 heterocycles. The molecule has 2 rings (SSSR count). The Morgan fingerprint density at radius 3 is 2.15 bits per heavy atom. The third kappa shape index (κ3) is 3.37. The van der Waals surface area contributed by atoms with Crippen LogP contribution in [-0.4, -0.2) is 28.4 Å². The van der Waals surface area contributed by atoms with Gasteiger partial charge in [0, 0.05) is 17.7 Å². The van der Waals surface area contributed by atoms with Gasteiger partial charge in [-0.1, -0.05) is 12.8 Å². The van der Waals surface area contributed by atoms with Gasteiger partial charge in [-0.2, -0.15) is 0 Å². The van der Waals surface area contributed by atoms with Gasteiger partial charge in [0.25, 0.3) is 0 Å². The highest BCUT2D eigenvalue weighted by Crippen LogP contribution is 2.41. The number of ether oxygens (including phenoxy) is 3. The van der Waals surface area contributed by atoms with Crippen molar-refractivity contribution in [2.75, 3.05) is 28.4 Å². The monoisotopic (exact) mass is 279 g/mol. The zero-order valence-corrected chi connectivity index (χ0v) is 12.9. The van der Waals surface area contributed by atoms with Gasteiger partial charge in [0.1, 0.15) is 5.75 Å².